The van der Waals surface area contributed by atoms with Gasteiger partial charge in [0.1, 0.15) is 5.03 Å². The summed E-state index contributed by atoms with van der Waals surface area (Å²) in [5.74, 6) is -1.73. The zero-order chi connectivity index (χ0) is 15.1. The molecule has 0 N–H and O–H groups in total. The van der Waals surface area contributed by atoms with E-state index in [0.717, 1.165) is 6.08 Å². The van der Waals surface area contributed by atoms with Gasteiger partial charge in [-0.3, -0.25) is 4.79 Å². The first-order valence-corrected chi connectivity index (χ1v) is 5.96. The quantitative estimate of drug-likeness (QED) is 0.750. The molecule has 2 unspecified atom stereocenters. The molecule has 0 heterocycles. The van der Waals surface area contributed by atoms with Crippen LogP contribution in [0.25, 0.3) is 0 Å². The first kappa shape index (κ1) is 15.8. The van der Waals surface area contributed by atoms with Crippen molar-refractivity contribution in [1.82, 2.24) is 0 Å². The van der Waals surface area contributed by atoms with Gasteiger partial charge in [-0.15, -0.1) is 0 Å². The number of carbonyl (C=O) groups is 1. The Balaban J connectivity index is 3.12. The fourth-order valence-electron chi connectivity index (χ4n) is 2.27. The molecule has 19 heavy (non-hydrogen) atoms. The summed E-state index contributed by atoms with van der Waals surface area (Å²) >= 11 is 5.16. The SMILES string of the molecule is CCOC(=O)C1(C#N)C(C=C(Cl)C(F)(F)F)C1(C)C. The standard InChI is InChI=1S/C12H13ClF3NO2/c1-4-19-9(18)11(6-17)7(10(11,2)3)5-8(13)12(14,15)16/h5,7H,4H2,1-3H3. The van der Waals surface area contributed by atoms with Crippen molar-refractivity contribution in [3.05, 3.63) is 11.1 Å². The molecule has 0 radical (unpaired) electrons. The molecule has 1 aliphatic rings. The van der Waals surface area contributed by atoms with Gasteiger partial charge in [0.25, 0.3) is 0 Å². The molecule has 0 aromatic heterocycles. The summed E-state index contributed by atoms with van der Waals surface area (Å²) in [6.07, 6.45) is -3.96. The van der Waals surface area contributed by atoms with Crippen molar-refractivity contribution in [2.24, 2.45) is 16.7 Å². The summed E-state index contributed by atoms with van der Waals surface area (Å²) < 4.78 is 42.0. The molecule has 0 bridgehead atoms. The number of rotatable bonds is 3. The molecule has 0 amide bonds. The number of hydrogen-bond acceptors (Lipinski definition) is 3. The van der Waals surface area contributed by atoms with Gasteiger partial charge in [0.15, 0.2) is 5.41 Å². The number of hydrogen-bond donors (Lipinski definition) is 0. The Labute approximate surface area is 114 Å². The van der Waals surface area contributed by atoms with Gasteiger partial charge >= 0.3 is 12.1 Å². The second-order valence-corrected chi connectivity index (χ2v) is 5.26. The molecule has 0 aliphatic heterocycles. The summed E-state index contributed by atoms with van der Waals surface area (Å²) in [5.41, 5.74) is -2.55. The van der Waals surface area contributed by atoms with Crippen molar-refractivity contribution in [1.29, 1.82) is 5.26 Å². The van der Waals surface area contributed by atoms with E-state index in [1.807, 2.05) is 0 Å². The summed E-state index contributed by atoms with van der Waals surface area (Å²) in [5, 5.41) is 7.84. The van der Waals surface area contributed by atoms with Crippen LogP contribution in [0.3, 0.4) is 0 Å². The van der Waals surface area contributed by atoms with Crippen LogP contribution in [0.2, 0.25) is 0 Å². The highest BCUT2D eigenvalue weighted by Gasteiger charge is 2.77. The van der Waals surface area contributed by atoms with Crippen LogP contribution in [0.5, 0.6) is 0 Å². The molecule has 1 rings (SSSR count). The number of nitrogens with zero attached hydrogens (tertiary/aromatic N) is 1. The van der Waals surface area contributed by atoms with Crippen molar-refractivity contribution in [2.75, 3.05) is 6.61 Å². The number of alkyl halides is 3. The molecule has 3 nitrogen and oxygen atoms in total. The zero-order valence-corrected chi connectivity index (χ0v) is 11.4. The van der Waals surface area contributed by atoms with E-state index in [9.17, 15) is 23.2 Å². The van der Waals surface area contributed by atoms with E-state index in [1.165, 1.54) is 13.8 Å². The number of carbonyl (C=O) groups excluding carboxylic acids is 1. The van der Waals surface area contributed by atoms with Crippen molar-refractivity contribution < 1.29 is 22.7 Å². The van der Waals surface area contributed by atoms with E-state index in [1.54, 1.807) is 13.0 Å². The third-order valence-electron chi connectivity index (χ3n) is 3.53. The highest BCUT2D eigenvalue weighted by atomic mass is 35.5. The van der Waals surface area contributed by atoms with Gasteiger partial charge in [-0.2, -0.15) is 18.4 Å². The predicted molar refractivity (Wildman–Crippen MR) is 61.9 cm³/mol. The predicted octanol–water partition coefficient (Wildman–Crippen LogP) is 3.40. The fourth-order valence-corrected chi connectivity index (χ4v) is 2.40. The van der Waals surface area contributed by atoms with Crippen LogP contribution in [0.4, 0.5) is 13.2 Å². The largest absolute Gasteiger partial charge is 0.465 e. The topological polar surface area (TPSA) is 50.1 Å². The number of nitriles is 1. The van der Waals surface area contributed by atoms with Crippen molar-refractivity contribution in [2.45, 2.75) is 26.9 Å². The minimum absolute atomic E-state index is 0.0573. The lowest BCUT2D eigenvalue weighted by Gasteiger charge is -2.09. The van der Waals surface area contributed by atoms with Crippen LogP contribution in [0.15, 0.2) is 11.1 Å². The maximum Gasteiger partial charge on any atom is 0.426 e. The molecule has 1 fully saturated rings. The molecule has 0 aromatic rings. The Morgan fingerprint density at radius 3 is 2.42 bits per heavy atom. The van der Waals surface area contributed by atoms with Crippen LogP contribution in [0, 0.1) is 28.1 Å². The van der Waals surface area contributed by atoms with E-state index in [0.29, 0.717) is 0 Å². The van der Waals surface area contributed by atoms with E-state index in [4.69, 9.17) is 16.3 Å². The van der Waals surface area contributed by atoms with Crippen LogP contribution in [-0.2, 0) is 9.53 Å². The Kier molecular flexibility index (Phi) is 3.93. The van der Waals surface area contributed by atoms with E-state index in [2.05, 4.69) is 0 Å². The van der Waals surface area contributed by atoms with Crippen LogP contribution in [0.1, 0.15) is 20.8 Å². The van der Waals surface area contributed by atoms with Crippen molar-refractivity contribution >= 4 is 17.6 Å². The zero-order valence-electron chi connectivity index (χ0n) is 10.6. The van der Waals surface area contributed by atoms with E-state index >= 15 is 0 Å². The molecule has 106 valence electrons. The highest BCUT2D eigenvalue weighted by Crippen LogP contribution is 2.70. The molecule has 0 saturated heterocycles. The van der Waals surface area contributed by atoms with Gasteiger partial charge in [0, 0.05) is 11.3 Å². The van der Waals surface area contributed by atoms with Crippen LogP contribution in [-0.4, -0.2) is 18.8 Å². The highest BCUT2D eigenvalue weighted by molar-refractivity contribution is 6.30. The minimum atomic E-state index is -4.68. The first-order chi connectivity index (χ1) is 8.55. The van der Waals surface area contributed by atoms with Crippen molar-refractivity contribution in [3.63, 3.8) is 0 Å². The number of ether oxygens (including phenoxy) is 1. The van der Waals surface area contributed by atoms with Gasteiger partial charge in [0.2, 0.25) is 0 Å². The first-order valence-electron chi connectivity index (χ1n) is 5.58. The molecular weight excluding hydrogens is 283 g/mol. The monoisotopic (exact) mass is 295 g/mol. The van der Waals surface area contributed by atoms with Gasteiger partial charge in [-0.1, -0.05) is 31.5 Å². The smallest absolute Gasteiger partial charge is 0.426 e. The molecule has 2 atom stereocenters. The number of esters is 1. The van der Waals surface area contributed by atoms with E-state index < -0.39 is 33.9 Å². The molecular formula is C12H13ClF3NO2. The Bertz CT molecular complexity index is 465. The normalized spacial score (nSPS) is 29.6. The second-order valence-electron chi connectivity index (χ2n) is 4.85. The van der Waals surface area contributed by atoms with Gasteiger partial charge < -0.3 is 4.74 Å². The van der Waals surface area contributed by atoms with Gasteiger partial charge in [0.05, 0.1) is 12.7 Å². The van der Waals surface area contributed by atoms with Gasteiger partial charge in [-0.05, 0) is 6.92 Å². The fraction of sp³-hybridized carbons (Fsp3) is 0.667. The molecule has 7 heteroatoms. The maximum absolute atomic E-state index is 12.4. The Morgan fingerprint density at radius 2 is 2.05 bits per heavy atom. The number of allylic oxidation sites excluding steroid dienone is 2. The van der Waals surface area contributed by atoms with Crippen molar-refractivity contribution in [3.8, 4) is 6.07 Å². The summed E-state index contributed by atoms with van der Waals surface area (Å²) in [6, 6.07) is 1.79. The van der Waals surface area contributed by atoms with Gasteiger partial charge in [-0.25, -0.2) is 0 Å². The Hall–Kier alpha value is -1.22. The molecule has 0 spiro atoms. The molecule has 0 aromatic carbocycles. The summed E-state index contributed by atoms with van der Waals surface area (Å²) in [6.45, 7) is 4.69. The average Bonchev–Trinajstić information content (AvgIpc) is 2.74. The second kappa shape index (κ2) is 4.71. The lowest BCUT2D eigenvalue weighted by Crippen LogP contribution is -2.23. The summed E-state index contributed by atoms with van der Waals surface area (Å²) in [7, 11) is 0. The van der Waals surface area contributed by atoms with Crippen LogP contribution >= 0.6 is 11.6 Å². The van der Waals surface area contributed by atoms with Crippen LogP contribution < -0.4 is 0 Å². The maximum atomic E-state index is 12.4. The summed E-state index contributed by atoms with van der Waals surface area (Å²) in [4.78, 5) is 11.8. The Morgan fingerprint density at radius 1 is 1.53 bits per heavy atom. The minimum Gasteiger partial charge on any atom is -0.465 e. The lowest BCUT2D eigenvalue weighted by atomic mass is 9.98. The lowest BCUT2D eigenvalue weighted by molar-refractivity contribution is -0.148. The average molecular weight is 296 g/mol. The third-order valence-corrected chi connectivity index (χ3v) is 3.87. The third kappa shape index (κ3) is 2.32. The van der Waals surface area contributed by atoms with E-state index in [-0.39, 0.29) is 6.61 Å². The molecule has 1 saturated carbocycles. The molecule has 1 aliphatic carbocycles. The number of halogens is 4.